The van der Waals surface area contributed by atoms with Gasteiger partial charge < -0.3 is 10.2 Å². The van der Waals surface area contributed by atoms with Crippen LogP contribution in [-0.4, -0.2) is 41.2 Å². The van der Waals surface area contributed by atoms with Crippen molar-refractivity contribution in [3.63, 3.8) is 0 Å². The van der Waals surface area contributed by atoms with Crippen LogP contribution >= 0.6 is 23.2 Å². The zero-order chi connectivity index (χ0) is 29.1. The molecular weight excluding hydrogens is 557 g/mol. The van der Waals surface area contributed by atoms with Gasteiger partial charge in [-0.1, -0.05) is 90.8 Å². The van der Waals surface area contributed by atoms with Crippen LogP contribution in [0.1, 0.15) is 41.8 Å². The van der Waals surface area contributed by atoms with E-state index in [9.17, 15) is 14.4 Å². The normalized spacial score (nSPS) is 13.8. The quantitative estimate of drug-likeness (QED) is 0.225. The number of hydrogen-bond acceptors (Lipinski definition) is 3. The molecule has 4 aromatic carbocycles. The van der Waals surface area contributed by atoms with Crippen LogP contribution < -0.4 is 10.2 Å². The number of nitrogens with zero attached hydrogens (tertiary/aromatic N) is 2. The molecule has 0 aliphatic carbocycles. The van der Waals surface area contributed by atoms with Gasteiger partial charge in [0, 0.05) is 30.0 Å². The predicted molar refractivity (Wildman–Crippen MR) is 164 cm³/mol. The summed E-state index contributed by atoms with van der Waals surface area (Å²) < 4.78 is 0. The van der Waals surface area contributed by atoms with Crippen molar-refractivity contribution in [2.75, 3.05) is 11.4 Å². The van der Waals surface area contributed by atoms with E-state index < -0.39 is 6.04 Å². The monoisotopic (exact) mass is 587 g/mol. The molecule has 0 spiro atoms. The molecule has 210 valence electrons. The van der Waals surface area contributed by atoms with Gasteiger partial charge in [0.05, 0.1) is 15.7 Å². The Morgan fingerprint density at radius 2 is 1.63 bits per heavy atom. The SMILES string of the molecule is CC[C@H](C)NC(=O)[C@@H](Cc1ccccc1)N(Cc1ccc(Cl)c(Cl)c1)C(=O)CN1C(=O)c2cccc3cccc1c23. The highest BCUT2D eigenvalue weighted by atomic mass is 35.5. The van der Waals surface area contributed by atoms with Gasteiger partial charge in [-0.25, -0.2) is 0 Å². The van der Waals surface area contributed by atoms with Gasteiger partial charge in [0.2, 0.25) is 11.8 Å². The molecule has 0 radical (unpaired) electrons. The number of benzene rings is 4. The van der Waals surface area contributed by atoms with E-state index in [1.165, 1.54) is 4.90 Å². The molecule has 0 saturated heterocycles. The van der Waals surface area contributed by atoms with E-state index in [0.29, 0.717) is 27.7 Å². The summed E-state index contributed by atoms with van der Waals surface area (Å²) in [5, 5.41) is 5.59. The molecule has 8 heteroatoms. The zero-order valence-electron chi connectivity index (χ0n) is 22.9. The number of carbonyl (C=O) groups excluding carboxylic acids is 3. The molecule has 4 aromatic rings. The molecule has 1 aliphatic rings. The van der Waals surface area contributed by atoms with Crippen molar-refractivity contribution in [3.05, 3.63) is 112 Å². The minimum atomic E-state index is -0.829. The second-order valence-electron chi connectivity index (χ2n) is 10.4. The summed E-state index contributed by atoms with van der Waals surface area (Å²) in [4.78, 5) is 44.6. The molecule has 3 amide bonds. The van der Waals surface area contributed by atoms with E-state index in [-0.39, 0.29) is 36.9 Å². The Morgan fingerprint density at radius 3 is 2.34 bits per heavy atom. The number of rotatable bonds is 10. The zero-order valence-corrected chi connectivity index (χ0v) is 24.5. The highest BCUT2D eigenvalue weighted by Crippen LogP contribution is 2.37. The molecular formula is C33H31Cl2N3O3. The van der Waals surface area contributed by atoms with E-state index in [0.717, 1.165) is 28.3 Å². The summed E-state index contributed by atoms with van der Waals surface area (Å²) in [5.41, 5.74) is 2.89. The maximum absolute atomic E-state index is 14.3. The molecule has 41 heavy (non-hydrogen) atoms. The Morgan fingerprint density at radius 1 is 0.902 bits per heavy atom. The number of carbonyl (C=O) groups is 3. The molecule has 0 saturated carbocycles. The lowest BCUT2D eigenvalue weighted by Gasteiger charge is -2.33. The molecule has 6 nitrogen and oxygen atoms in total. The van der Waals surface area contributed by atoms with Gasteiger partial charge in [-0.2, -0.15) is 0 Å². The fraction of sp³-hybridized carbons (Fsp3) is 0.242. The van der Waals surface area contributed by atoms with Crippen molar-refractivity contribution in [1.82, 2.24) is 10.2 Å². The summed E-state index contributed by atoms with van der Waals surface area (Å²) in [6, 6.07) is 25.1. The Labute approximate surface area is 249 Å². The first-order valence-corrected chi connectivity index (χ1v) is 14.4. The fourth-order valence-electron chi connectivity index (χ4n) is 5.19. The van der Waals surface area contributed by atoms with Gasteiger partial charge in [0.15, 0.2) is 0 Å². The van der Waals surface area contributed by atoms with Crippen molar-refractivity contribution >= 4 is 57.4 Å². The summed E-state index contributed by atoms with van der Waals surface area (Å²) in [5.74, 6) is -0.840. The third-order valence-corrected chi connectivity index (χ3v) is 8.29. The van der Waals surface area contributed by atoms with E-state index in [1.54, 1.807) is 29.2 Å². The van der Waals surface area contributed by atoms with E-state index in [4.69, 9.17) is 23.2 Å². The average molecular weight is 589 g/mol. The summed E-state index contributed by atoms with van der Waals surface area (Å²) >= 11 is 12.5. The largest absolute Gasteiger partial charge is 0.352 e. The van der Waals surface area contributed by atoms with Crippen LogP contribution in [0.3, 0.4) is 0 Å². The summed E-state index contributed by atoms with van der Waals surface area (Å²) in [6.45, 7) is 3.83. The third kappa shape index (κ3) is 6.09. The van der Waals surface area contributed by atoms with Crippen LogP contribution in [0.2, 0.25) is 10.0 Å². The first-order chi connectivity index (χ1) is 19.8. The Bertz CT molecular complexity index is 1600. The maximum atomic E-state index is 14.3. The molecule has 0 fully saturated rings. The van der Waals surface area contributed by atoms with Gasteiger partial charge in [-0.05, 0) is 54.1 Å². The van der Waals surface area contributed by atoms with Crippen LogP contribution in [0.15, 0.2) is 84.9 Å². The molecule has 0 aromatic heterocycles. The van der Waals surface area contributed by atoms with Gasteiger partial charge in [-0.3, -0.25) is 19.3 Å². The van der Waals surface area contributed by atoms with Crippen molar-refractivity contribution < 1.29 is 14.4 Å². The lowest BCUT2D eigenvalue weighted by Crippen LogP contribution is -2.54. The van der Waals surface area contributed by atoms with Crippen LogP contribution in [0, 0.1) is 0 Å². The first kappa shape index (κ1) is 28.7. The average Bonchev–Trinajstić information content (AvgIpc) is 3.25. The van der Waals surface area contributed by atoms with Crippen molar-refractivity contribution in [2.24, 2.45) is 0 Å². The van der Waals surface area contributed by atoms with Gasteiger partial charge in [0.25, 0.3) is 5.91 Å². The molecule has 1 N–H and O–H groups in total. The van der Waals surface area contributed by atoms with Gasteiger partial charge >= 0.3 is 0 Å². The molecule has 5 rings (SSSR count). The molecule has 1 heterocycles. The molecule has 0 unspecified atom stereocenters. The standard InChI is InChI=1S/C33H31Cl2N3O3/c1-3-21(2)36-32(40)29(18-22-9-5-4-6-10-22)37(19-23-15-16-26(34)27(35)17-23)30(39)20-38-28-14-8-12-24-11-7-13-25(31(24)28)33(38)41/h4-17,21,29H,3,18-20H2,1-2H3,(H,36,40)/t21-,29+/m0/s1. The Kier molecular flexibility index (Phi) is 8.62. The van der Waals surface area contributed by atoms with Crippen LogP contribution in [-0.2, 0) is 22.6 Å². The number of amides is 3. The Balaban J connectivity index is 1.52. The molecule has 1 aliphatic heterocycles. The van der Waals surface area contributed by atoms with Gasteiger partial charge in [-0.15, -0.1) is 0 Å². The lowest BCUT2D eigenvalue weighted by molar-refractivity contribution is -0.140. The second kappa shape index (κ2) is 12.3. The number of halogens is 2. The first-order valence-electron chi connectivity index (χ1n) is 13.7. The van der Waals surface area contributed by atoms with Crippen LogP contribution in [0.25, 0.3) is 10.8 Å². The van der Waals surface area contributed by atoms with Crippen molar-refractivity contribution in [2.45, 2.75) is 45.3 Å². The van der Waals surface area contributed by atoms with Crippen LogP contribution in [0.4, 0.5) is 5.69 Å². The summed E-state index contributed by atoms with van der Waals surface area (Å²) in [6.07, 6.45) is 1.05. The smallest absolute Gasteiger partial charge is 0.259 e. The lowest BCUT2D eigenvalue weighted by atomic mass is 10.0. The van der Waals surface area contributed by atoms with E-state index in [2.05, 4.69) is 5.32 Å². The molecule has 0 bridgehead atoms. The predicted octanol–water partition coefficient (Wildman–Crippen LogP) is 6.66. The van der Waals surface area contributed by atoms with E-state index in [1.807, 2.05) is 74.5 Å². The topological polar surface area (TPSA) is 69.7 Å². The minimum absolute atomic E-state index is 0.0741. The highest BCUT2D eigenvalue weighted by Gasteiger charge is 2.36. The maximum Gasteiger partial charge on any atom is 0.259 e. The Hall–Kier alpha value is -3.87. The molecule has 2 atom stereocenters. The summed E-state index contributed by atoms with van der Waals surface area (Å²) in [7, 11) is 0. The third-order valence-electron chi connectivity index (χ3n) is 7.55. The fourth-order valence-corrected chi connectivity index (χ4v) is 5.51. The minimum Gasteiger partial charge on any atom is -0.352 e. The van der Waals surface area contributed by atoms with Crippen molar-refractivity contribution in [1.29, 1.82) is 0 Å². The van der Waals surface area contributed by atoms with Crippen LogP contribution in [0.5, 0.6) is 0 Å². The van der Waals surface area contributed by atoms with Crippen molar-refractivity contribution in [3.8, 4) is 0 Å². The van der Waals surface area contributed by atoms with Gasteiger partial charge in [0.1, 0.15) is 12.6 Å². The highest BCUT2D eigenvalue weighted by molar-refractivity contribution is 6.42. The number of anilines is 1. The number of nitrogens with one attached hydrogen (secondary N) is 1. The second-order valence-corrected chi connectivity index (χ2v) is 11.2. The van der Waals surface area contributed by atoms with E-state index >= 15 is 0 Å². The number of hydrogen-bond donors (Lipinski definition) is 1.